The molecule has 6 heteroatoms. The Hall–Kier alpha value is -3.54. The highest BCUT2D eigenvalue weighted by Crippen LogP contribution is 2.27. The molecule has 0 spiro atoms. The molecule has 0 aliphatic heterocycles. The van der Waals surface area contributed by atoms with Gasteiger partial charge in [-0.1, -0.05) is 19.2 Å². The van der Waals surface area contributed by atoms with Crippen LogP contribution in [0.2, 0.25) is 0 Å². The number of phenols is 1. The van der Waals surface area contributed by atoms with Crippen LogP contribution in [0.5, 0.6) is 23.0 Å². The molecule has 0 bridgehead atoms. The number of esters is 2. The van der Waals surface area contributed by atoms with Crippen LogP contribution in [0.1, 0.15) is 25.0 Å². The number of hydrogen-bond acceptors (Lipinski definition) is 6. The van der Waals surface area contributed by atoms with Gasteiger partial charge in [0.25, 0.3) is 0 Å². The van der Waals surface area contributed by atoms with Crippen molar-refractivity contribution in [3.63, 3.8) is 0 Å². The predicted octanol–water partition coefficient (Wildman–Crippen LogP) is 4.24. The molecule has 1 N–H and O–H groups in total. The van der Waals surface area contributed by atoms with E-state index in [0.29, 0.717) is 22.6 Å². The molecule has 0 aliphatic carbocycles. The second kappa shape index (κ2) is 8.90. The fourth-order valence-electron chi connectivity index (χ4n) is 2.13. The number of aromatic hydroxyl groups is 1. The Labute approximate surface area is 163 Å². The van der Waals surface area contributed by atoms with E-state index >= 15 is 0 Å². The lowest BCUT2D eigenvalue weighted by Crippen LogP contribution is -2.09. The van der Waals surface area contributed by atoms with Crippen LogP contribution in [0.4, 0.5) is 0 Å². The third-order valence-electron chi connectivity index (χ3n) is 3.62. The average Bonchev–Trinajstić information content (AvgIpc) is 2.61. The molecule has 28 heavy (non-hydrogen) atoms. The summed E-state index contributed by atoms with van der Waals surface area (Å²) in [6.45, 7) is 12.1. The maximum absolute atomic E-state index is 11.7. The van der Waals surface area contributed by atoms with E-state index in [1.807, 2.05) is 6.92 Å². The van der Waals surface area contributed by atoms with Crippen LogP contribution in [-0.2, 0) is 16.2 Å². The number of phenolic OH excluding ortho intramolecular Hbond substituents is 1. The van der Waals surface area contributed by atoms with Crippen LogP contribution in [0.3, 0.4) is 0 Å². The van der Waals surface area contributed by atoms with Gasteiger partial charge in [0, 0.05) is 23.3 Å². The quantitative estimate of drug-likeness (QED) is 0.438. The summed E-state index contributed by atoms with van der Waals surface area (Å²) in [7, 11) is 0. The molecule has 146 valence electrons. The average molecular weight is 382 g/mol. The first-order chi connectivity index (χ1) is 13.2. The second-order valence-electron chi connectivity index (χ2n) is 6.39. The molecule has 2 aromatic rings. The molecule has 2 rings (SSSR count). The van der Waals surface area contributed by atoms with Crippen molar-refractivity contribution in [2.45, 2.75) is 27.4 Å². The molecule has 0 radical (unpaired) electrons. The molecule has 0 unspecified atom stereocenters. The van der Waals surface area contributed by atoms with Crippen molar-refractivity contribution in [1.29, 1.82) is 0 Å². The number of rotatable bonds is 7. The molecule has 0 amide bonds. The van der Waals surface area contributed by atoms with E-state index in [9.17, 15) is 14.7 Å². The van der Waals surface area contributed by atoms with Crippen LogP contribution in [0.25, 0.3) is 0 Å². The van der Waals surface area contributed by atoms with E-state index in [1.54, 1.807) is 31.2 Å². The van der Waals surface area contributed by atoms with Gasteiger partial charge in [0.1, 0.15) is 29.6 Å². The van der Waals surface area contributed by atoms with Gasteiger partial charge in [0.05, 0.1) is 0 Å². The van der Waals surface area contributed by atoms with E-state index in [2.05, 4.69) is 13.2 Å². The Morgan fingerprint density at radius 1 is 0.929 bits per heavy atom. The molecule has 2 aromatic carbocycles. The molecule has 0 aliphatic rings. The second-order valence-corrected chi connectivity index (χ2v) is 6.39. The van der Waals surface area contributed by atoms with Crippen molar-refractivity contribution >= 4 is 11.9 Å². The Morgan fingerprint density at radius 2 is 1.54 bits per heavy atom. The smallest absolute Gasteiger partial charge is 0.338 e. The molecule has 0 heterocycles. The van der Waals surface area contributed by atoms with Gasteiger partial charge in [-0.25, -0.2) is 9.59 Å². The first-order valence-electron chi connectivity index (χ1n) is 8.47. The largest absolute Gasteiger partial charge is 0.508 e. The third-order valence-corrected chi connectivity index (χ3v) is 3.62. The summed E-state index contributed by atoms with van der Waals surface area (Å²) in [4.78, 5) is 23.3. The summed E-state index contributed by atoms with van der Waals surface area (Å²) in [5.41, 5.74) is 1.97. The SMILES string of the molecule is C=C(C)C(=O)Oc1cc(O)cc(COc2cc(OC(=O)C(=C)C)ccc2C)c1. The van der Waals surface area contributed by atoms with Crippen LogP contribution in [0, 0.1) is 6.92 Å². The van der Waals surface area contributed by atoms with Gasteiger partial charge in [-0.2, -0.15) is 0 Å². The monoisotopic (exact) mass is 382 g/mol. The van der Waals surface area contributed by atoms with Gasteiger partial charge >= 0.3 is 11.9 Å². The number of hydrogen-bond donors (Lipinski definition) is 1. The molecule has 0 saturated heterocycles. The van der Waals surface area contributed by atoms with Crippen molar-refractivity contribution in [2.75, 3.05) is 0 Å². The highest BCUT2D eigenvalue weighted by molar-refractivity contribution is 5.89. The molecule has 0 fully saturated rings. The highest BCUT2D eigenvalue weighted by Gasteiger charge is 2.11. The zero-order valence-corrected chi connectivity index (χ0v) is 16.1. The molecule has 0 aromatic heterocycles. The van der Waals surface area contributed by atoms with Gasteiger partial charge in [-0.3, -0.25) is 0 Å². The van der Waals surface area contributed by atoms with Gasteiger partial charge in [-0.15, -0.1) is 0 Å². The topological polar surface area (TPSA) is 82.1 Å². The van der Waals surface area contributed by atoms with E-state index in [1.165, 1.54) is 19.1 Å². The Bertz CT molecular complexity index is 942. The number of ether oxygens (including phenoxy) is 3. The minimum atomic E-state index is -0.583. The van der Waals surface area contributed by atoms with Gasteiger partial charge in [0.15, 0.2) is 0 Å². The summed E-state index contributed by atoms with van der Waals surface area (Å²) in [5.74, 6) is -0.137. The van der Waals surface area contributed by atoms with E-state index in [-0.39, 0.29) is 23.7 Å². The van der Waals surface area contributed by atoms with E-state index in [0.717, 1.165) is 5.56 Å². The zero-order chi connectivity index (χ0) is 20.8. The summed E-state index contributed by atoms with van der Waals surface area (Å²) >= 11 is 0. The zero-order valence-electron chi connectivity index (χ0n) is 16.1. The maximum Gasteiger partial charge on any atom is 0.338 e. The lowest BCUT2D eigenvalue weighted by molar-refractivity contribution is -0.131. The Morgan fingerprint density at radius 3 is 2.14 bits per heavy atom. The first kappa shape index (κ1) is 20.8. The summed E-state index contributed by atoms with van der Waals surface area (Å²) < 4.78 is 16.1. The van der Waals surface area contributed by atoms with Crippen molar-refractivity contribution in [1.82, 2.24) is 0 Å². The number of benzene rings is 2. The predicted molar refractivity (Wildman–Crippen MR) is 105 cm³/mol. The minimum Gasteiger partial charge on any atom is -0.508 e. The Kier molecular flexibility index (Phi) is 6.60. The molecule has 0 saturated carbocycles. The molecular weight excluding hydrogens is 360 g/mol. The first-order valence-corrected chi connectivity index (χ1v) is 8.47. The third kappa shape index (κ3) is 5.74. The molecular formula is C22H22O6. The normalized spacial score (nSPS) is 10.1. The number of carbonyl (C=O) groups is 2. The van der Waals surface area contributed by atoms with Crippen molar-refractivity contribution in [2.24, 2.45) is 0 Å². The van der Waals surface area contributed by atoms with Crippen molar-refractivity contribution in [3.8, 4) is 23.0 Å². The lowest BCUT2D eigenvalue weighted by Gasteiger charge is -2.12. The van der Waals surface area contributed by atoms with Crippen molar-refractivity contribution < 1.29 is 28.9 Å². The lowest BCUT2D eigenvalue weighted by atomic mass is 10.2. The molecule has 0 atom stereocenters. The van der Waals surface area contributed by atoms with E-state index < -0.39 is 11.9 Å². The summed E-state index contributed by atoms with van der Waals surface area (Å²) in [6.07, 6.45) is 0. The van der Waals surface area contributed by atoms with Gasteiger partial charge < -0.3 is 19.3 Å². The highest BCUT2D eigenvalue weighted by atomic mass is 16.5. The fraction of sp³-hybridized carbons (Fsp3) is 0.182. The Balaban J connectivity index is 2.14. The van der Waals surface area contributed by atoms with E-state index in [4.69, 9.17) is 14.2 Å². The van der Waals surface area contributed by atoms with Crippen molar-refractivity contribution in [3.05, 3.63) is 71.8 Å². The van der Waals surface area contributed by atoms with Crippen LogP contribution >= 0.6 is 0 Å². The maximum atomic E-state index is 11.7. The number of carbonyl (C=O) groups excluding carboxylic acids is 2. The van der Waals surface area contributed by atoms with Gasteiger partial charge in [0.2, 0.25) is 0 Å². The standard InChI is InChI=1S/C22H22O6/c1-13(2)21(24)27-18-7-6-15(5)20(11-18)26-12-16-8-17(23)10-19(9-16)28-22(25)14(3)4/h6-11,23H,1,3,12H2,2,4-5H3. The van der Waals surface area contributed by atoms with Crippen LogP contribution in [-0.4, -0.2) is 17.0 Å². The number of aryl methyl sites for hydroxylation is 1. The van der Waals surface area contributed by atoms with Crippen LogP contribution in [0.15, 0.2) is 60.7 Å². The van der Waals surface area contributed by atoms with Crippen LogP contribution < -0.4 is 14.2 Å². The summed E-state index contributed by atoms with van der Waals surface area (Å²) in [6, 6.07) is 9.43. The minimum absolute atomic E-state index is 0.0634. The van der Waals surface area contributed by atoms with Gasteiger partial charge in [-0.05, 0) is 50.1 Å². The molecule has 6 nitrogen and oxygen atoms in total. The fourth-order valence-corrected chi connectivity index (χ4v) is 2.13. The summed E-state index contributed by atoms with van der Waals surface area (Å²) in [5, 5.41) is 9.86.